The highest BCUT2D eigenvalue weighted by Crippen LogP contribution is 2.18. The van der Waals surface area contributed by atoms with Gasteiger partial charge in [-0.25, -0.2) is 4.79 Å². The summed E-state index contributed by atoms with van der Waals surface area (Å²) in [7, 11) is 0. The van der Waals surface area contributed by atoms with E-state index in [4.69, 9.17) is 5.73 Å². The minimum atomic E-state index is -0.713. The lowest BCUT2D eigenvalue weighted by Crippen LogP contribution is -2.32. The number of thioether (sulfide) groups is 1. The topological polar surface area (TPSA) is 81.4 Å². The van der Waals surface area contributed by atoms with Gasteiger partial charge in [-0.2, -0.15) is 0 Å². The van der Waals surface area contributed by atoms with Crippen molar-refractivity contribution >= 4 is 29.4 Å². The molecule has 0 aromatic heterocycles. The maximum Gasteiger partial charge on any atom is 0.413 e. The molecule has 1 aromatic carbocycles. The van der Waals surface area contributed by atoms with Crippen LogP contribution in [0.2, 0.25) is 0 Å². The molecule has 0 saturated heterocycles. The number of hydrogen-bond donors (Lipinski definition) is 2. The third-order valence-corrected chi connectivity index (χ3v) is 2.78. The van der Waals surface area contributed by atoms with E-state index in [0.717, 1.165) is 4.90 Å². The number of carbonyl (C=O) groups is 2. The predicted molar refractivity (Wildman–Crippen MR) is 66.7 cm³/mol. The van der Waals surface area contributed by atoms with E-state index < -0.39 is 6.09 Å². The lowest BCUT2D eigenvalue weighted by Gasteiger charge is -2.04. The third kappa shape index (κ3) is 5.26. The molecule has 0 unspecified atom stereocenters. The maximum atomic E-state index is 11.3. The van der Waals surface area contributed by atoms with Gasteiger partial charge < -0.3 is 10.5 Å². The largest absolute Gasteiger partial charge is 0.450 e. The maximum absolute atomic E-state index is 11.3. The molecule has 0 atom stereocenters. The fourth-order valence-electron chi connectivity index (χ4n) is 1.03. The van der Waals surface area contributed by atoms with Crippen LogP contribution in [0, 0.1) is 0 Å². The van der Waals surface area contributed by atoms with Crippen LogP contribution in [0.4, 0.5) is 10.5 Å². The van der Waals surface area contributed by atoms with Gasteiger partial charge in [0.25, 0.3) is 0 Å². The molecule has 17 heavy (non-hydrogen) atoms. The summed E-state index contributed by atoms with van der Waals surface area (Å²) in [4.78, 5) is 23.2. The van der Waals surface area contributed by atoms with Crippen LogP contribution in [-0.4, -0.2) is 24.4 Å². The molecular formula is C11H14N2O3S. The molecule has 1 rings (SSSR count). The Kier molecular flexibility index (Phi) is 5.35. The average Bonchev–Trinajstić information content (AvgIpc) is 2.28. The number of benzene rings is 1. The fraction of sp³-hybridized carbons (Fsp3) is 0.273. The van der Waals surface area contributed by atoms with E-state index in [2.05, 4.69) is 10.1 Å². The highest BCUT2D eigenvalue weighted by molar-refractivity contribution is 8.00. The molecule has 0 radical (unpaired) electrons. The lowest BCUT2D eigenvalue weighted by atomic mass is 10.3. The molecular weight excluding hydrogens is 240 g/mol. The Morgan fingerprint density at radius 1 is 1.35 bits per heavy atom. The van der Waals surface area contributed by atoms with Gasteiger partial charge in [0.1, 0.15) is 0 Å². The minimum Gasteiger partial charge on any atom is -0.450 e. The number of alkyl carbamates (subject to hydrolysis) is 1. The lowest BCUT2D eigenvalue weighted by molar-refractivity contribution is -0.117. The highest BCUT2D eigenvalue weighted by Gasteiger charge is 2.08. The van der Waals surface area contributed by atoms with Gasteiger partial charge in [-0.15, -0.1) is 11.8 Å². The summed E-state index contributed by atoms with van der Waals surface area (Å²) in [5.41, 5.74) is 6.20. The van der Waals surface area contributed by atoms with Crippen LogP contribution in [-0.2, 0) is 9.53 Å². The second kappa shape index (κ2) is 6.80. The number of imide groups is 1. The molecule has 5 nitrogen and oxygen atoms in total. The summed E-state index contributed by atoms with van der Waals surface area (Å²) in [5, 5.41) is 2.12. The number of carbonyl (C=O) groups excluding carboxylic acids is 2. The number of rotatable bonds is 4. The summed E-state index contributed by atoms with van der Waals surface area (Å²) < 4.78 is 4.58. The Labute approximate surface area is 104 Å². The Morgan fingerprint density at radius 3 is 2.59 bits per heavy atom. The van der Waals surface area contributed by atoms with Crippen LogP contribution >= 0.6 is 11.8 Å². The minimum absolute atomic E-state index is 0.155. The number of amides is 2. The summed E-state index contributed by atoms with van der Waals surface area (Å²) in [6.45, 7) is 1.91. The quantitative estimate of drug-likeness (QED) is 0.630. The standard InChI is InChI=1S/C11H14N2O3S/c1-2-16-11(15)13-10(14)7-17-9-5-3-8(12)4-6-9/h3-6H,2,7,12H2,1H3,(H,13,14,15). The third-order valence-electron chi connectivity index (χ3n) is 1.77. The van der Waals surface area contributed by atoms with Gasteiger partial charge in [0.15, 0.2) is 0 Å². The molecule has 0 heterocycles. The second-order valence-electron chi connectivity index (χ2n) is 3.13. The first-order valence-electron chi connectivity index (χ1n) is 5.06. The van der Waals surface area contributed by atoms with E-state index in [9.17, 15) is 9.59 Å². The van der Waals surface area contributed by atoms with Crippen LogP contribution in [0.15, 0.2) is 29.2 Å². The number of nitrogen functional groups attached to an aromatic ring is 1. The molecule has 0 aliphatic carbocycles. The second-order valence-corrected chi connectivity index (χ2v) is 4.18. The molecule has 0 fully saturated rings. The van der Waals surface area contributed by atoms with E-state index in [1.807, 2.05) is 12.1 Å². The Balaban J connectivity index is 2.33. The van der Waals surface area contributed by atoms with Crippen molar-refractivity contribution in [3.05, 3.63) is 24.3 Å². The molecule has 6 heteroatoms. The van der Waals surface area contributed by atoms with Gasteiger partial charge in [-0.05, 0) is 31.2 Å². The smallest absolute Gasteiger partial charge is 0.413 e. The number of ether oxygens (including phenoxy) is 1. The molecule has 0 spiro atoms. The number of hydrogen-bond acceptors (Lipinski definition) is 5. The first kappa shape index (κ1) is 13.4. The first-order chi connectivity index (χ1) is 8.11. The normalized spacial score (nSPS) is 9.71. The van der Waals surface area contributed by atoms with Crippen LogP contribution in [0.5, 0.6) is 0 Å². The monoisotopic (exact) mass is 254 g/mol. The van der Waals surface area contributed by atoms with Crippen molar-refractivity contribution in [1.82, 2.24) is 5.32 Å². The zero-order chi connectivity index (χ0) is 12.7. The van der Waals surface area contributed by atoms with Crippen molar-refractivity contribution in [2.75, 3.05) is 18.1 Å². The predicted octanol–water partition coefficient (Wildman–Crippen LogP) is 1.63. The van der Waals surface area contributed by atoms with E-state index in [-0.39, 0.29) is 18.3 Å². The van der Waals surface area contributed by atoms with Gasteiger partial charge in [-0.3, -0.25) is 10.1 Å². The molecule has 0 aliphatic rings. The van der Waals surface area contributed by atoms with Gasteiger partial charge in [-0.1, -0.05) is 0 Å². The van der Waals surface area contributed by atoms with Crippen LogP contribution in [0.1, 0.15) is 6.92 Å². The summed E-state index contributed by atoms with van der Waals surface area (Å²) in [5.74, 6) is -0.229. The van der Waals surface area contributed by atoms with Crippen LogP contribution < -0.4 is 11.1 Å². The van der Waals surface area contributed by atoms with Gasteiger partial charge >= 0.3 is 6.09 Å². The van der Waals surface area contributed by atoms with E-state index in [1.54, 1.807) is 19.1 Å². The molecule has 3 N–H and O–H groups in total. The Bertz CT molecular complexity index is 392. The SMILES string of the molecule is CCOC(=O)NC(=O)CSc1ccc(N)cc1. The van der Waals surface area contributed by atoms with E-state index in [0.29, 0.717) is 5.69 Å². The molecule has 2 amide bonds. The number of nitrogens with one attached hydrogen (secondary N) is 1. The van der Waals surface area contributed by atoms with Crippen molar-refractivity contribution in [2.24, 2.45) is 0 Å². The highest BCUT2D eigenvalue weighted by atomic mass is 32.2. The number of anilines is 1. The zero-order valence-electron chi connectivity index (χ0n) is 9.43. The van der Waals surface area contributed by atoms with Gasteiger partial charge in [0.05, 0.1) is 12.4 Å². The Morgan fingerprint density at radius 2 is 2.00 bits per heavy atom. The van der Waals surface area contributed by atoms with Crippen LogP contribution in [0.25, 0.3) is 0 Å². The van der Waals surface area contributed by atoms with Crippen LogP contribution in [0.3, 0.4) is 0 Å². The van der Waals surface area contributed by atoms with Gasteiger partial charge in [0, 0.05) is 10.6 Å². The molecule has 0 saturated carbocycles. The van der Waals surface area contributed by atoms with Crippen molar-refractivity contribution < 1.29 is 14.3 Å². The number of nitrogens with two attached hydrogens (primary N) is 1. The summed E-state index contributed by atoms with van der Waals surface area (Å²) in [6, 6.07) is 7.15. The fourth-order valence-corrected chi connectivity index (χ4v) is 1.73. The molecule has 92 valence electrons. The van der Waals surface area contributed by atoms with E-state index in [1.165, 1.54) is 11.8 Å². The van der Waals surface area contributed by atoms with E-state index >= 15 is 0 Å². The Hall–Kier alpha value is -1.69. The van der Waals surface area contributed by atoms with Gasteiger partial charge in [0.2, 0.25) is 5.91 Å². The van der Waals surface area contributed by atoms with Crippen molar-refractivity contribution in [1.29, 1.82) is 0 Å². The summed E-state index contributed by atoms with van der Waals surface area (Å²) >= 11 is 1.32. The molecule has 1 aromatic rings. The zero-order valence-corrected chi connectivity index (χ0v) is 10.3. The first-order valence-corrected chi connectivity index (χ1v) is 6.05. The summed E-state index contributed by atoms with van der Waals surface area (Å²) in [6.07, 6.45) is -0.713. The van der Waals surface area contributed by atoms with Crippen molar-refractivity contribution in [2.45, 2.75) is 11.8 Å². The van der Waals surface area contributed by atoms with Crippen molar-refractivity contribution in [3.8, 4) is 0 Å². The van der Waals surface area contributed by atoms with Crippen molar-refractivity contribution in [3.63, 3.8) is 0 Å². The molecule has 0 bridgehead atoms. The molecule has 0 aliphatic heterocycles. The average molecular weight is 254 g/mol.